The number of amides is 2. The number of nitrogens with one attached hydrogen (secondary N) is 1. The average molecular weight is 152 g/mol. The Labute approximate surface area is 63.8 Å². The predicted molar refractivity (Wildman–Crippen MR) is 39.4 cm³/mol. The fourth-order valence-electron chi connectivity index (χ4n) is 0.801. The molecule has 0 saturated carbocycles. The average Bonchev–Trinajstić information content (AvgIpc) is 2.28. The van der Waals surface area contributed by atoms with Crippen LogP contribution in [0.25, 0.3) is 0 Å². The fraction of sp³-hybridized carbons (Fsp3) is 0.143. The Morgan fingerprint density at radius 2 is 2.27 bits per heavy atom. The lowest BCUT2D eigenvalue weighted by Crippen LogP contribution is -2.29. The molecule has 0 aromatic carbocycles. The molecule has 1 aliphatic rings. The number of carbonyl (C=O) groups is 2. The van der Waals surface area contributed by atoms with Crippen LogP contribution in [0.2, 0.25) is 0 Å². The number of hydrogen-bond acceptors (Lipinski definition) is 3. The van der Waals surface area contributed by atoms with E-state index in [0.29, 0.717) is 0 Å². The quantitative estimate of drug-likeness (QED) is 0.397. The van der Waals surface area contributed by atoms with E-state index in [0.717, 1.165) is 0 Å². The molecule has 1 aliphatic heterocycles. The van der Waals surface area contributed by atoms with Crippen molar-refractivity contribution < 1.29 is 9.59 Å². The first kappa shape index (κ1) is 7.68. The van der Waals surface area contributed by atoms with Gasteiger partial charge < -0.3 is 5.73 Å². The van der Waals surface area contributed by atoms with Gasteiger partial charge in [-0.1, -0.05) is 6.08 Å². The second kappa shape index (κ2) is 2.67. The van der Waals surface area contributed by atoms with Crippen LogP contribution in [0.15, 0.2) is 24.3 Å². The van der Waals surface area contributed by atoms with Crippen molar-refractivity contribution in [3.05, 3.63) is 24.3 Å². The maximum absolute atomic E-state index is 10.9. The van der Waals surface area contributed by atoms with Gasteiger partial charge in [-0.05, 0) is 0 Å². The molecule has 2 amide bonds. The highest BCUT2D eigenvalue weighted by atomic mass is 16.2. The van der Waals surface area contributed by atoms with Gasteiger partial charge in [-0.3, -0.25) is 14.9 Å². The zero-order valence-corrected chi connectivity index (χ0v) is 5.83. The van der Waals surface area contributed by atoms with Crippen LogP contribution in [-0.2, 0) is 9.59 Å². The summed E-state index contributed by atoms with van der Waals surface area (Å²) in [5, 5.41) is 2.08. The molecule has 0 spiro atoms. The van der Waals surface area contributed by atoms with E-state index in [1.54, 1.807) is 0 Å². The van der Waals surface area contributed by atoms with Gasteiger partial charge in [0.15, 0.2) is 0 Å². The standard InChI is InChI=1S/C7H8N2O2/c1-2-5(8)4-3-6(10)9-7(4)11/h2-3,5H,1,8H2,(H,9,10,11). The summed E-state index contributed by atoms with van der Waals surface area (Å²) < 4.78 is 0. The first-order valence-corrected chi connectivity index (χ1v) is 3.10. The van der Waals surface area contributed by atoms with Crippen LogP contribution >= 0.6 is 0 Å². The van der Waals surface area contributed by atoms with E-state index >= 15 is 0 Å². The van der Waals surface area contributed by atoms with Crippen molar-refractivity contribution in [3.63, 3.8) is 0 Å². The van der Waals surface area contributed by atoms with Gasteiger partial charge in [0.25, 0.3) is 11.8 Å². The lowest BCUT2D eigenvalue weighted by molar-refractivity contribution is -0.123. The van der Waals surface area contributed by atoms with E-state index < -0.39 is 17.9 Å². The maximum atomic E-state index is 10.9. The molecular formula is C7H8N2O2. The molecule has 1 rings (SSSR count). The number of rotatable bonds is 2. The van der Waals surface area contributed by atoms with Crippen molar-refractivity contribution in [2.24, 2.45) is 5.73 Å². The number of imide groups is 1. The molecule has 0 aromatic heterocycles. The summed E-state index contributed by atoms with van der Waals surface area (Å²) in [5.74, 6) is -0.843. The van der Waals surface area contributed by atoms with Crippen LogP contribution in [0.1, 0.15) is 0 Å². The molecule has 58 valence electrons. The zero-order valence-electron chi connectivity index (χ0n) is 5.83. The smallest absolute Gasteiger partial charge is 0.256 e. The van der Waals surface area contributed by atoms with Gasteiger partial charge in [-0.25, -0.2) is 0 Å². The molecular weight excluding hydrogens is 144 g/mol. The fourth-order valence-corrected chi connectivity index (χ4v) is 0.801. The molecule has 0 fully saturated rings. The van der Waals surface area contributed by atoms with Crippen molar-refractivity contribution in [1.82, 2.24) is 5.32 Å². The van der Waals surface area contributed by atoms with E-state index in [1.807, 2.05) is 0 Å². The third kappa shape index (κ3) is 1.35. The van der Waals surface area contributed by atoms with Gasteiger partial charge in [-0.2, -0.15) is 0 Å². The van der Waals surface area contributed by atoms with Crippen molar-refractivity contribution in [2.45, 2.75) is 6.04 Å². The molecule has 11 heavy (non-hydrogen) atoms. The summed E-state index contributed by atoms with van der Waals surface area (Å²) in [7, 11) is 0. The molecule has 1 heterocycles. The van der Waals surface area contributed by atoms with Gasteiger partial charge >= 0.3 is 0 Å². The number of nitrogens with two attached hydrogens (primary N) is 1. The third-order valence-electron chi connectivity index (χ3n) is 1.40. The topological polar surface area (TPSA) is 72.2 Å². The molecule has 0 aromatic rings. The Kier molecular flexibility index (Phi) is 1.87. The van der Waals surface area contributed by atoms with Gasteiger partial charge in [0.2, 0.25) is 0 Å². The van der Waals surface area contributed by atoms with Crippen LogP contribution in [0.3, 0.4) is 0 Å². The van der Waals surface area contributed by atoms with Gasteiger partial charge in [0, 0.05) is 11.6 Å². The first-order valence-electron chi connectivity index (χ1n) is 3.10. The Morgan fingerprint density at radius 1 is 1.64 bits per heavy atom. The highest BCUT2D eigenvalue weighted by Crippen LogP contribution is 2.06. The third-order valence-corrected chi connectivity index (χ3v) is 1.40. The van der Waals surface area contributed by atoms with Crippen LogP contribution in [-0.4, -0.2) is 17.9 Å². The first-order chi connectivity index (χ1) is 5.15. The van der Waals surface area contributed by atoms with E-state index in [4.69, 9.17) is 5.73 Å². The lowest BCUT2D eigenvalue weighted by Gasteiger charge is -2.02. The summed E-state index contributed by atoms with van der Waals surface area (Å²) in [4.78, 5) is 21.4. The number of carbonyl (C=O) groups excluding carboxylic acids is 2. The van der Waals surface area contributed by atoms with E-state index in [1.165, 1.54) is 12.2 Å². The van der Waals surface area contributed by atoms with E-state index in [-0.39, 0.29) is 5.57 Å². The Morgan fingerprint density at radius 3 is 2.64 bits per heavy atom. The summed E-state index contributed by atoms with van der Waals surface area (Å²) in [5.41, 5.74) is 5.70. The predicted octanol–water partition coefficient (Wildman–Crippen LogP) is -0.918. The lowest BCUT2D eigenvalue weighted by atomic mass is 10.1. The second-order valence-electron chi connectivity index (χ2n) is 2.18. The van der Waals surface area contributed by atoms with Crippen molar-refractivity contribution >= 4 is 11.8 Å². The number of hydrogen-bond donors (Lipinski definition) is 2. The molecule has 1 unspecified atom stereocenters. The van der Waals surface area contributed by atoms with Crippen LogP contribution < -0.4 is 11.1 Å². The maximum Gasteiger partial charge on any atom is 0.256 e. The summed E-state index contributed by atoms with van der Waals surface area (Å²) >= 11 is 0. The van der Waals surface area contributed by atoms with Crippen LogP contribution in [0.4, 0.5) is 0 Å². The van der Waals surface area contributed by atoms with Crippen LogP contribution in [0, 0.1) is 0 Å². The molecule has 0 radical (unpaired) electrons. The molecule has 3 N–H and O–H groups in total. The van der Waals surface area contributed by atoms with Crippen LogP contribution in [0.5, 0.6) is 0 Å². The monoisotopic (exact) mass is 152 g/mol. The summed E-state index contributed by atoms with van der Waals surface area (Å²) in [6.07, 6.45) is 2.60. The van der Waals surface area contributed by atoms with E-state index in [9.17, 15) is 9.59 Å². The largest absolute Gasteiger partial charge is 0.321 e. The highest BCUT2D eigenvalue weighted by Gasteiger charge is 2.23. The van der Waals surface area contributed by atoms with Gasteiger partial charge in [0.05, 0.1) is 6.04 Å². The molecule has 0 saturated heterocycles. The van der Waals surface area contributed by atoms with Gasteiger partial charge in [-0.15, -0.1) is 6.58 Å². The van der Waals surface area contributed by atoms with Crippen molar-refractivity contribution in [3.8, 4) is 0 Å². The molecule has 0 aliphatic carbocycles. The molecule has 1 atom stereocenters. The Balaban J connectivity index is 2.87. The Bertz CT molecular complexity index is 255. The minimum Gasteiger partial charge on any atom is -0.321 e. The zero-order chi connectivity index (χ0) is 8.43. The molecule has 0 bridgehead atoms. The second-order valence-corrected chi connectivity index (χ2v) is 2.18. The summed E-state index contributed by atoms with van der Waals surface area (Å²) in [6.45, 7) is 3.41. The minimum atomic E-state index is -0.554. The highest BCUT2D eigenvalue weighted by molar-refractivity contribution is 6.17. The minimum absolute atomic E-state index is 0.269. The SMILES string of the molecule is C=CC(N)C1=CC(=O)NC1=O. The Hall–Kier alpha value is -1.42. The summed E-state index contributed by atoms with van der Waals surface area (Å²) in [6, 6.07) is -0.554. The van der Waals surface area contributed by atoms with E-state index in [2.05, 4.69) is 11.9 Å². The molecule has 4 nitrogen and oxygen atoms in total. The van der Waals surface area contributed by atoms with Gasteiger partial charge in [0.1, 0.15) is 0 Å². The normalized spacial score (nSPS) is 19.2. The van der Waals surface area contributed by atoms with Crippen molar-refractivity contribution in [2.75, 3.05) is 0 Å². The van der Waals surface area contributed by atoms with Crippen molar-refractivity contribution in [1.29, 1.82) is 0 Å². The molecule has 4 heteroatoms.